The molecule has 0 bridgehead atoms. The largest absolute Gasteiger partial charge is 0.445 e. The van der Waals surface area contributed by atoms with Gasteiger partial charge >= 0.3 is 12.3 Å². The first kappa shape index (κ1) is 26.2. The third-order valence-corrected chi connectivity index (χ3v) is 8.62. The molecule has 0 spiro atoms. The number of amides is 1. The summed E-state index contributed by atoms with van der Waals surface area (Å²) >= 11 is 0. The number of aromatic nitrogens is 1. The number of carbonyl (C=O) groups is 1. The van der Waals surface area contributed by atoms with Crippen LogP contribution in [0.3, 0.4) is 0 Å². The van der Waals surface area contributed by atoms with Gasteiger partial charge in [0.05, 0.1) is 23.2 Å². The van der Waals surface area contributed by atoms with Crippen LogP contribution in [0, 0.1) is 5.92 Å². The number of piperidine rings is 1. The van der Waals surface area contributed by atoms with Crippen molar-refractivity contribution in [2.45, 2.75) is 25.6 Å². The second kappa shape index (κ2) is 11.0. The lowest BCUT2D eigenvalue weighted by Gasteiger charge is -2.37. The molecule has 0 aliphatic carbocycles. The van der Waals surface area contributed by atoms with E-state index in [2.05, 4.69) is 4.98 Å². The molecule has 4 rings (SSSR count). The summed E-state index contributed by atoms with van der Waals surface area (Å²) in [4.78, 5) is 19.3. The molecule has 1 aromatic carbocycles. The molecular formula is C24H29F3N4O4S. The molecule has 0 unspecified atom stereocenters. The highest BCUT2D eigenvalue weighted by molar-refractivity contribution is 7.89. The van der Waals surface area contributed by atoms with Gasteiger partial charge in [0, 0.05) is 45.5 Å². The highest BCUT2D eigenvalue weighted by Gasteiger charge is 2.34. The van der Waals surface area contributed by atoms with E-state index < -0.39 is 27.9 Å². The van der Waals surface area contributed by atoms with Crippen LogP contribution in [0.4, 0.5) is 23.7 Å². The zero-order valence-electron chi connectivity index (χ0n) is 19.7. The molecule has 0 atom stereocenters. The van der Waals surface area contributed by atoms with Crippen LogP contribution in [0.5, 0.6) is 0 Å². The summed E-state index contributed by atoms with van der Waals surface area (Å²) in [5.41, 5.74) is 0.398. The molecule has 3 heterocycles. The van der Waals surface area contributed by atoms with E-state index in [0.29, 0.717) is 31.6 Å². The average Bonchev–Trinajstić information content (AvgIpc) is 2.88. The molecule has 12 heteroatoms. The highest BCUT2D eigenvalue weighted by atomic mass is 32.2. The number of ether oxygens (including phenoxy) is 1. The summed E-state index contributed by atoms with van der Waals surface area (Å²) in [7, 11) is -3.53. The molecular weight excluding hydrogens is 497 g/mol. The Hall–Kier alpha value is -2.86. The van der Waals surface area contributed by atoms with E-state index in [9.17, 15) is 26.4 Å². The second-order valence-corrected chi connectivity index (χ2v) is 11.1. The normalized spacial score (nSPS) is 18.3. The van der Waals surface area contributed by atoms with Crippen molar-refractivity contribution in [3.05, 3.63) is 59.9 Å². The van der Waals surface area contributed by atoms with Crippen LogP contribution in [0.15, 0.2) is 48.8 Å². The molecule has 0 N–H and O–H groups in total. The van der Waals surface area contributed by atoms with Crippen molar-refractivity contribution >= 4 is 21.8 Å². The SMILES string of the molecule is O=C(OCc1ccccc1)N1CCC(CS(=O)(=O)N2CCN(c3cncc(C(F)(F)F)c3)CC2)CC1. The summed E-state index contributed by atoms with van der Waals surface area (Å²) in [6.07, 6.45) is -1.62. The average molecular weight is 527 g/mol. The van der Waals surface area contributed by atoms with Gasteiger partial charge in [0.25, 0.3) is 0 Å². The van der Waals surface area contributed by atoms with Crippen LogP contribution >= 0.6 is 0 Å². The Kier molecular flexibility index (Phi) is 8.04. The maximum Gasteiger partial charge on any atom is 0.417 e. The molecule has 2 aromatic rings. The van der Waals surface area contributed by atoms with Crippen molar-refractivity contribution in [3.63, 3.8) is 0 Å². The summed E-state index contributed by atoms with van der Waals surface area (Å²) in [5, 5.41) is 0. The molecule has 1 aromatic heterocycles. The first-order valence-corrected chi connectivity index (χ1v) is 13.4. The molecule has 196 valence electrons. The predicted octanol–water partition coefficient (Wildman–Crippen LogP) is 3.60. The molecule has 1 amide bonds. The summed E-state index contributed by atoms with van der Waals surface area (Å²) in [6, 6.07) is 10.4. The summed E-state index contributed by atoms with van der Waals surface area (Å²) < 4.78 is 71.7. The minimum atomic E-state index is -4.48. The van der Waals surface area contributed by atoms with Crippen LogP contribution in [-0.4, -0.2) is 73.7 Å². The van der Waals surface area contributed by atoms with E-state index in [4.69, 9.17) is 4.74 Å². The van der Waals surface area contributed by atoms with Crippen molar-refractivity contribution in [1.82, 2.24) is 14.2 Å². The molecule has 2 saturated heterocycles. The van der Waals surface area contributed by atoms with Crippen LogP contribution in [0.25, 0.3) is 0 Å². The number of hydrogen-bond donors (Lipinski definition) is 0. The number of anilines is 1. The number of piperazine rings is 1. The van der Waals surface area contributed by atoms with Crippen molar-refractivity contribution in [1.29, 1.82) is 0 Å². The molecule has 0 radical (unpaired) electrons. The number of sulfonamides is 1. The van der Waals surface area contributed by atoms with Gasteiger partial charge in [-0.2, -0.15) is 17.5 Å². The molecule has 0 saturated carbocycles. The lowest BCUT2D eigenvalue weighted by atomic mass is 9.99. The van der Waals surface area contributed by atoms with Crippen molar-refractivity contribution in [2.24, 2.45) is 5.92 Å². The van der Waals surface area contributed by atoms with Crippen LogP contribution in [-0.2, 0) is 27.5 Å². The van der Waals surface area contributed by atoms with Crippen LogP contribution < -0.4 is 4.90 Å². The van der Waals surface area contributed by atoms with E-state index in [0.717, 1.165) is 17.8 Å². The van der Waals surface area contributed by atoms with E-state index in [1.165, 1.54) is 10.5 Å². The maximum absolute atomic E-state index is 13.0. The molecule has 2 aliphatic heterocycles. The van der Waals surface area contributed by atoms with Gasteiger partial charge in [-0.25, -0.2) is 13.2 Å². The predicted molar refractivity (Wildman–Crippen MR) is 128 cm³/mol. The first-order valence-electron chi connectivity index (χ1n) is 11.8. The minimum Gasteiger partial charge on any atom is -0.445 e. The Balaban J connectivity index is 1.23. The number of rotatable bonds is 6. The monoisotopic (exact) mass is 526 g/mol. The van der Waals surface area contributed by atoms with Gasteiger partial charge in [-0.05, 0) is 30.4 Å². The first-order chi connectivity index (χ1) is 17.1. The fourth-order valence-corrected chi connectivity index (χ4v) is 6.34. The third-order valence-electron chi connectivity index (χ3n) is 6.57. The molecule has 8 nitrogen and oxygen atoms in total. The van der Waals surface area contributed by atoms with Crippen LogP contribution in [0.1, 0.15) is 24.0 Å². The number of hydrogen-bond acceptors (Lipinski definition) is 6. The van der Waals surface area contributed by atoms with E-state index >= 15 is 0 Å². The van der Waals surface area contributed by atoms with E-state index in [1.807, 2.05) is 30.3 Å². The van der Waals surface area contributed by atoms with Gasteiger partial charge in [-0.3, -0.25) is 4.98 Å². The quantitative estimate of drug-likeness (QED) is 0.572. The Morgan fingerprint density at radius 1 is 1.00 bits per heavy atom. The zero-order chi connectivity index (χ0) is 25.8. The lowest BCUT2D eigenvalue weighted by Crippen LogP contribution is -2.50. The number of pyridine rings is 1. The Labute approximate surface area is 208 Å². The van der Waals surface area contributed by atoms with Crippen LogP contribution in [0.2, 0.25) is 0 Å². The lowest BCUT2D eigenvalue weighted by molar-refractivity contribution is -0.137. The summed E-state index contributed by atoms with van der Waals surface area (Å²) in [5.74, 6) is -0.0794. The van der Waals surface area contributed by atoms with E-state index in [1.54, 1.807) is 9.80 Å². The Morgan fingerprint density at radius 2 is 1.67 bits per heavy atom. The van der Waals surface area contributed by atoms with Gasteiger partial charge in [0.2, 0.25) is 10.0 Å². The van der Waals surface area contributed by atoms with Crippen molar-refractivity contribution in [2.75, 3.05) is 49.9 Å². The smallest absolute Gasteiger partial charge is 0.417 e. The topological polar surface area (TPSA) is 83.0 Å². The Morgan fingerprint density at radius 3 is 2.31 bits per heavy atom. The van der Waals surface area contributed by atoms with Crippen molar-refractivity contribution < 1.29 is 31.1 Å². The minimum absolute atomic E-state index is 0.00891. The van der Waals surface area contributed by atoms with Gasteiger partial charge in [-0.1, -0.05) is 30.3 Å². The number of carbonyl (C=O) groups excluding carboxylic acids is 1. The van der Waals surface area contributed by atoms with Gasteiger partial charge in [0.1, 0.15) is 6.61 Å². The number of likely N-dealkylation sites (tertiary alicyclic amines) is 1. The van der Waals surface area contributed by atoms with Gasteiger partial charge < -0.3 is 14.5 Å². The maximum atomic E-state index is 13.0. The number of halogens is 3. The van der Waals surface area contributed by atoms with Gasteiger partial charge in [-0.15, -0.1) is 0 Å². The summed E-state index contributed by atoms with van der Waals surface area (Å²) in [6.45, 7) is 2.03. The fraction of sp³-hybridized carbons (Fsp3) is 0.500. The molecule has 2 aliphatic rings. The standard InChI is InChI=1S/C24H29F3N4O4S/c25-24(26,27)21-14-22(16-28-15-21)29-10-12-31(13-11-29)36(33,34)18-20-6-8-30(9-7-20)23(32)35-17-19-4-2-1-3-5-19/h1-5,14-16,20H,6-13,17-18H2. The second-order valence-electron chi connectivity index (χ2n) is 9.06. The third kappa shape index (κ3) is 6.67. The van der Waals surface area contributed by atoms with Crippen molar-refractivity contribution in [3.8, 4) is 0 Å². The molecule has 36 heavy (non-hydrogen) atoms. The van der Waals surface area contributed by atoms with Gasteiger partial charge in [0.15, 0.2) is 0 Å². The zero-order valence-corrected chi connectivity index (χ0v) is 20.5. The highest BCUT2D eigenvalue weighted by Crippen LogP contribution is 2.31. The Bertz CT molecular complexity index is 1130. The number of nitrogens with zero attached hydrogens (tertiary/aromatic N) is 4. The number of benzene rings is 1. The van der Waals surface area contributed by atoms with E-state index in [-0.39, 0.29) is 44.5 Å². The fourth-order valence-electron chi connectivity index (χ4n) is 4.48. The molecule has 2 fully saturated rings. The number of alkyl halides is 3.